The van der Waals surface area contributed by atoms with E-state index in [9.17, 15) is 20.1 Å². The molecule has 226 valence electrons. The van der Waals surface area contributed by atoms with Crippen LogP contribution in [0.5, 0.6) is 0 Å². The first-order valence-corrected chi connectivity index (χ1v) is 15.0. The van der Waals surface area contributed by atoms with Crippen molar-refractivity contribution >= 4 is 5.97 Å². The van der Waals surface area contributed by atoms with Crippen molar-refractivity contribution in [2.24, 2.45) is 23.7 Å². The monoisotopic (exact) mass is 570 g/mol. The summed E-state index contributed by atoms with van der Waals surface area (Å²) in [6.45, 7) is 12.0. The maximum atomic E-state index is 13.9. The summed E-state index contributed by atoms with van der Waals surface area (Å²) in [6, 6.07) is 0. The zero-order valence-corrected chi connectivity index (χ0v) is 25.0. The molecule has 3 N–H and O–H groups in total. The third-order valence-corrected chi connectivity index (χ3v) is 9.51. The van der Waals surface area contributed by atoms with E-state index >= 15 is 0 Å². The van der Waals surface area contributed by atoms with Gasteiger partial charge in [0, 0.05) is 24.7 Å². The molecule has 0 aromatic heterocycles. The van der Waals surface area contributed by atoms with Crippen LogP contribution in [0.1, 0.15) is 60.8 Å². The highest BCUT2D eigenvalue weighted by molar-refractivity contribution is 5.78. The standard InChI is InChI=1S/C33H46O8/c1-18(2)29-21(5)12-13-32(41-29)16-25-15-24(40-32)11-10-20(4)27(34)19(3)8-7-9-23-17-38-30-28(35)22(6)14-26(31(36)39-25)33(23,30)37/h7-10,12-14,18-19,21,24-30,34-35,37H,11,15-17H2,1-6H3/b8-7+,20-10+,23-9+/t19-,21-,24+,25-,26-,27-,28+,29+,30+,32-,33+/m0/s1. The lowest BCUT2D eigenvalue weighted by Crippen LogP contribution is -2.58. The molecule has 8 nitrogen and oxygen atoms in total. The first kappa shape index (κ1) is 30.4. The van der Waals surface area contributed by atoms with Crippen molar-refractivity contribution in [2.75, 3.05) is 6.61 Å². The van der Waals surface area contributed by atoms with Crippen LogP contribution in [0.4, 0.5) is 0 Å². The summed E-state index contributed by atoms with van der Waals surface area (Å²) < 4.78 is 25.3. The highest BCUT2D eigenvalue weighted by Crippen LogP contribution is 2.46. The van der Waals surface area contributed by atoms with Gasteiger partial charge >= 0.3 is 5.97 Å². The van der Waals surface area contributed by atoms with Crippen molar-refractivity contribution in [3.8, 4) is 0 Å². The van der Waals surface area contributed by atoms with Crippen LogP contribution in [0.2, 0.25) is 0 Å². The van der Waals surface area contributed by atoms with Crippen molar-refractivity contribution in [2.45, 2.75) is 109 Å². The summed E-state index contributed by atoms with van der Waals surface area (Å²) >= 11 is 0. The van der Waals surface area contributed by atoms with Crippen molar-refractivity contribution in [1.82, 2.24) is 0 Å². The molecule has 1 aliphatic carbocycles. The molecule has 0 saturated carbocycles. The van der Waals surface area contributed by atoms with Gasteiger partial charge in [0.05, 0.1) is 24.9 Å². The van der Waals surface area contributed by atoms with E-state index in [-0.39, 0.29) is 36.6 Å². The fraction of sp³-hybridized carbons (Fsp3) is 0.667. The number of aliphatic hydroxyl groups excluding tert-OH is 2. The summed E-state index contributed by atoms with van der Waals surface area (Å²) in [4.78, 5) is 13.9. The summed E-state index contributed by atoms with van der Waals surface area (Å²) in [6.07, 6.45) is 10.7. The number of carbonyl (C=O) groups excluding carboxylic acids is 1. The summed E-state index contributed by atoms with van der Waals surface area (Å²) in [5.74, 6) is -2.40. The first-order chi connectivity index (χ1) is 19.3. The van der Waals surface area contributed by atoms with Gasteiger partial charge in [-0.1, -0.05) is 64.2 Å². The van der Waals surface area contributed by atoms with E-state index in [1.54, 1.807) is 25.2 Å². The lowest BCUT2D eigenvalue weighted by Gasteiger charge is -2.48. The molecule has 11 atom stereocenters. The molecule has 2 saturated heterocycles. The van der Waals surface area contributed by atoms with E-state index in [1.807, 2.05) is 32.1 Å². The van der Waals surface area contributed by atoms with Gasteiger partial charge in [-0.05, 0) is 49.0 Å². The second kappa shape index (κ2) is 11.5. The molecule has 1 spiro atoms. The minimum atomic E-state index is -1.77. The van der Waals surface area contributed by atoms with Gasteiger partial charge < -0.3 is 34.3 Å². The molecule has 2 bridgehead atoms. The van der Waals surface area contributed by atoms with Crippen LogP contribution in [0, 0.1) is 23.7 Å². The topological polar surface area (TPSA) is 115 Å². The first-order valence-electron chi connectivity index (χ1n) is 15.0. The molecule has 8 heteroatoms. The van der Waals surface area contributed by atoms with Crippen LogP contribution >= 0.6 is 0 Å². The Morgan fingerprint density at radius 3 is 2.49 bits per heavy atom. The van der Waals surface area contributed by atoms with Crippen LogP contribution in [0.15, 0.2) is 59.3 Å². The summed E-state index contributed by atoms with van der Waals surface area (Å²) in [5, 5.41) is 33.9. The molecule has 4 aliphatic heterocycles. The average Bonchev–Trinajstić information content (AvgIpc) is 3.26. The summed E-state index contributed by atoms with van der Waals surface area (Å²) in [5.41, 5.74) is 0.0972. The Labute approximate surface area is 243 Å². The van der Waals surface area contributed by atoms with Gasteiger partial charge in [0.2, 0.25) is 0 Å². The number of fused-ring (bicyclic) bond motifs is 2. The Balaban J connectivity index is 1.55. The van der Waals surface area contributed by atoms with E-state index in [4.69, 9.17) is 18.9 Å². The van der Waals surface area contributed by atoms with E-state index in [0.717, 1.165) is 5.57 Å². The number of esters is 1. The molecule has 0 aromatic carbocycles. The zero-order chi connectivity index (χ0) is 29.7. The molecule has 0 amide bonds. The summed E-state index contributed by atoms with van der Waals surface area (Å²) in [7, 11) is 0. The van der Waals surface area contributed by atoms with Crippen LogP contribution < -0.4 is 0 Å². The molecule has 5 rings (SSSR count). The largest absolute Gasteiger partial charge is 0.462 e. The number of allylic oxidation sites excluding steroid dienone is 2. The van der Waals surface area contributed by atoms with Gasteiger partial charge in [-0.25, -0.2) is 0 Å². The van der Waals surface area contributed by atoms with Crippen molar-refractivity contribution in [1.29, 1.82) is 0 Å². The predicted octanol–water partition coefficient (Wildman–Crippen LogP) is 3.92. The number of carbonyl (C=O) groups is 1. The van der Waals surface area contributed by atoms with E-state index in [1.165, 1.54) is 0 Å². The van der Waals surface area contributed by atoms with Crippen molar-refractivity contribution < 1.29 is 39.1 Å². The number of hydrogen-bond donors (Lipinski definition) is 3. The number of aliphatic hydroxyl groups is 3. The van der Waals surface area contributed by atoms with Gasteiger partial charge in [0.1, 0.15) is 29.8 Å². The Morgan fingerprint density at radius 1 is 1.00 bits per heavy atom. The van der Waals surface area contributed by atoms with E-state index in [0.29, 0.717) is 30.4 Å². The van der Waals surface area contributed by atoms with Crippen LogP contribution in [0.3, 0.4) is 0 Å². The molecule has 0 radical (unpaired) electrons. The second-order valence-corrected chi connectivity index (χ2v) is 13.0. The van der Waals surface area contributed by atoms with Crippen molar-refractivity contribution in [3.63, 3.8) is 0 Å². The predicted molar refractivity (Wildman–Crippen MR) is 153 cm³/mol. The quantitative estimate of drug-likeness (QED) is 0.321. The van der Waals surface area contributed by atoms with E-state index in [2.05, 4.69) is 26.8 Å². The number of rotatable bonds is 1. The highest BCUT2D eigenvalue weighted by Gasteiger charge is 2.60. The van der Waals surface area contributed by atoms with Gasteiger partial charge in [-0.15, -0.1) is 0 Å². The Bertz CT molecular complexity index is 1170. The third kappa shape index (κ3) is 5.67. The van der Waals surface area contributed by atoms with Crippen LogP contribution in [-0.4, -0.2) is 75.9 Å². The van der Waals surface area contributed by atoms with Gasteiger partial charge in [0.25, 0.3) is 0 Å². The Hall–Kier alpha value is -2.07. The Morgan fingerprint density at radius 2 is 1.76 bits per heavy atom. The Kier molecular flexibility index (Phi) is 8.56. The lowest BCUT2D eigenvalue weighted by molar-refractivity contribution is -0.299. The molecular formula is C33H46O8. The van der Waals surface area contributed by atoms with Crippen molar-refractivity contribution in [3.05, 3.63) is 59.3 Å². The minimum absolute atomic E-state index is 0.0603. The fourth-order valence-electron chi connectivity index (χ4n) is 7.03. The molecule has 41 heavy (non-hydrogen) atoms. The molecular weight excluding hydrogens is 524 g/mol. The van der Waals surface area contributed by atoms with Crippen LogP contribution in [-0.2, 0) is 23.7 Å². The third-order valence-electron chi connectivity index (χ3n) is 9.51. The SMILES string of the molecule is CC1=C[C@H]2C(=O)O[C@H]3C[C@@H](C/C=C(\C)[C@@H](O)[C@@H](C)/C=C/C=C4\CO[C@H]([C@@H]1O)[C@@]42O)O[C@]1(C=C[C@H](C)[C@@H](C(C)C)O1)C3. The fourth-order valence-corrected chi connectivity index (χ4v) is 7.03. The van der Waals surface area contributed by atoms with E-state index < -0.39 is 47.7 Å². The molecule has 0 aromatic rings. The van der Waals surface area contributed by atoms with Crippen LogP contribution in [0.25, 0.3) is 0 Å². The smallest absolute Gasteiger partial charge is 0.316 e. The lowest BCUT2D eigenvalue weighted by atomic mass is 9.71. The minimum Gasteiger partial charge on any atom is -0.462 e. The number of hydrogen-bond acceptors (Lipinski definition) is 8. The van der Waals surface area contributed by atoms with Gasteiger partial charge in [0.15, 0.2) is 5.79 Å². The second-order valence-electron chi connectivity index (χ2n) is 13.0. The number of ether oxygens (including phenoxy) is 4. The molecule has 2 fully saturated rings. The normalized spacial score (nSPS) is 48.5. The van der Waals surface area contributed by atoms with Gasteiger partial charge in [-0.2, -0.15) is 0 Å². The van der Waals surface area contributed by atoms with Gasteiger partial charge in [-0.3, -0.25) is 4.79 Å². The zero-order valence-electron chi connectivity index (χ0n) is 25.0. The average molecular weight is 571 g/mol. The maximum Gasteiger partial charge on any atom is 0.316 e. The maximum absolute atomic E-state index is 13.9. The highest BCUT2D eigenvalue weighted by atomic mass is 16.7. The molecule has 4 heterocycles. The molecule has 0 unspecified atom stereocenters. The molecule has 5 aliphatic rings.